The molecular formula is C25H23ClN4O5S. The first-order chi connectivity index (χ1) is 17.4. The lowest BCUT2D eigenvalue weighted by Crippen LogP contribution is -2.29. The standard InChI is InChI=1S/C25H23ClN4O5S/c1-33-10-9-28-25(32)35-20-12-29-23(27)21-16(14-36-22(20)21)13-34-19-4-2-3-15(11-19)24(31)30-18-7-5-17(26)6-8-18/h2-8,11-12,14H,9-10,13H2,1H3,(H2,27,29)(H,28,32)(H,30,31). The molecule has 2 aromatic carbocycles. The van der Waals surface area contributed by atoms with Gasteiger partial charge in [-0.05, 0) is 47.8 Å². The Kier molecular flexibility index (Phi) is 8.21. The van der Waals surface area contributed by atoms with Crippen molar-refractivity contribution in [3.63, 3.8) is 0 Å². The maximum absolute atomic E-state index is 12.6. The molecule has 4 N–H and O–H groups in total. The summed E-state index contributed by atoms with van der Waals surface area (Å²) in [6.07, 6.45) is 0.803. The molecule has 2 aromatic heterocycles. The highest BCUT2D eigenvalue weighted by Crippen LogP contribution is 2.37. The zero-order chi connectivity index (χ0) is 25.5. The van der Waals surface area contributed by atoms with E-state index in [2.05, 4.69) is 15.6 Å². The first kappa shape index (κ1) is 25.2. The molecule has 0 aliphatic rings. The molecule has 0 saturated carbocycles. The van der Waals surface area contributed by atoms with Gasteiger partial charge in [-0.2, -0.15) is 0 Å². The highest BCUT2D eigenvalue weighted by Gasteiger charge is 2.17. The lowest BCUT2D eigenvalue weighted by Gasteiger charge is -2.10. The van der Waals surface area contributed by atoms with E-state index in [4.69, 9.17) is 31.5 Å². The van der Waals surface area contributed by atoms with Crippen molar-refractivity contribution in [3.8, 4) is 11.5 Å². The number of hydrogen-bond acceptors (Lipinski definition) is 8. The number of methoxy groups -OCH3 is 1. The number of fused-ring (bicyclic) bond motifs is 1. The number of nitrogens with one attached hydrogen (secondary N) is 2. The smallest absolute Gasteiger partial charge is 0.412 e. The maximum atomic E-state index is 12.6. The highest BCUT2D eigenvalue weighted by molar-refractivity contribution is 7.17. The van der Waals surface area contributed by atoms with E-state index in [-0.39, 0.29) is 12.5 Å². The van der Waals surface area contributed by atoms with Crippen molar-refractivity contribution in [2.75, 3.05) is 31.3 Å². The summed E-state index contributed by atoms with van der Waals surface area (Å²) in [5.41, 5.74) is 7.97. The molecule has 4 aromatic rings. The topological polar surface area (TPSA) is 125 Å². The Morgan fingerprint density at radius 2 is 1.97 bits per heavy atom. The number of rotatable bonds is 9. The minimum absolute atomic E-state index is 0.178. The van der Waals surface area contributed by atoms with Crippen LogP contribution in [0.25, 0.3) is 10.1 Å². The van der Waals surface area contributed by atoms with Crippen LogP contribution in [0.15, 0.2) is 60.1 Å². The quantitative estimate of drug-likeness (QED) is 0.259. The molecule has 186 valence electrons. The van der Waals surface area contributed by atoms with Gasteiger partial charge in [-0.3, -0.25) is 4.79 Å². The van der Waals surface area contributed by atoms with Crippen LogP contribution < -0.4 is 25.8 Å². The Balaban J connectivity index is 1.45. The van der Waals surface area contributed by atoms with Crippen LogP contribution in [0, 0.1) is 0 Å². The van der Waals surface area contributed by atoms with Gasteiger partial charge in [0, 0.05) is 40.9 Å². The number of benzene rings is 2. The molecule has 0 unspecified atom stereocenters. The summed E-state index contributed by atoms with van der Waals surface area (Å²) in [4.78, 5) is 28.8. The Labute approximate surface area is 216 Å². The van der Waals surface area contributed by atoms with Crippen molar-refractivity contribution >= 4 is 56.5 Å². The second-order valence-corrected chi connectivity index (χ2v) is 8.88. The molecule has 36 heavy (non-hydrogen) atoms. The Bertz CT molecular complexity index is 1380. The number of ether oxygens (including phenoxy) is 3. The van der Waals surface area contributed by atoms with Crippen molar-refractivity contribution in [1.29, 1.82) is 0 Å². The number of carbonyl (C=O) groups is 2. The van der Waals surface area contributed by atoms with E-state index in [9.17, 15) is 9.59 Å². The van der Waals surface area contributed by atoms with E-state index in [1.54, 1.807) is 55.6 Å². The lowest BCUT2D eigenvalue weighted by molar-refractivity contribution is 0.102. The molecule has 0 radical (unpaired) electrons. The Morgan fingerprint density at radius 3 is 2.75 bits per heavy atom. The van der Waals surface area contributed by atoms with Crippen LogP contribution in [-0.4, -0.2) is 37.2 Å². The number of nitrogen functional groups attached to an aromatic ring is 1. The number of thiophene rings is 1. The van der Waals surface area contributed by atoms with Gasteiger partial charge >= 0.3 is 6.09 Å². The molecule has 11 heteroatoms. The molecule has 4 rings (SSSR count). The van der Waals surface area contributed by atoms with Crippen LogP contribution in [0.2, 0.25) is 5.02 Å². The van der Waals surface area contributed by atoms with E-state index in [1.165, 1.54) is 17.5 Å². The van der Waals surface area contributed by atoms with E-state index in [0.29, 0.717) is 56.8 Å². The zero-order valence-corrected chi connectivity index (χ0v) is 20.8. The van der Waals surface area contributed by atoms with Crippen LogP contribution in [0.5, 0.6) is 11.5 Å². The van der Waals surface area contributed by atoms with Crippen molar-refractivity contribution < 1.29 is 23.8 Å². The summed E-state index contributed by atoms with van der Waals surface area (Å²) in [5.74, 6) is 0.830. The second kappa shape index (κ2) is 11.7. The summed E-state index contributed by atoms with van der Waals surface area (Å²) in [7, 11) is 1.54. The fourth-order valence-corrected chi connectivity index (χ4v) is 4.44. The number of pyridine rings is 1. The first-order valence-electron chi connectivity index (χ1n) is 10.8. The van der Waals surface area contributed by atoms with Crippen LogP contribution in [-0.2, 0) is 11.3 Å². The van der Waals surface area contributed by atoms with E-state index in [1.807, 2.05) is 5.38 Å². The number of amides is 2. The molecular weight excluding hydrogens is 504 g/mol. The highest BCUT2D eigenvalue weighted by atomic mass is 35.5. The third kappa shape index (κ3) is 6.22. The summed E-state index contributed by atoms with van der Waals surface area (Å²) in [6.45, 7) is 0.869. The fourth-order valence-electron chi connectivity index (χ4n) is 3.30. The molecule has 2 heterocycles. The SMILES string of the molecule is COCCNC(=O)Oc1cnc(N)c2c(COc3cccc(C(=O)Nc4ccc(Cl)cc4)c3)csc12. The van der Waals surface area contributed by atoms with Gasteiger partial charge in [0.2, 0.25) is 0 Å². The average Bonchev–Trinajstić information content (AvgIpc) is 3.31. The fraction of sp³-hybridized carbons (Fsp3) is 0.160. The van der Waals surface area contributed by atoms with Gasteiger partial charge in [0.05, 0.1) is 17.5 Å². The van der Waals surface area contributed by atoms with Gasteiger partial charge in [-0.15, -0.1) is 11.3 Å². The van der Waals surface area contributed by atoms with E-state index < -0.39 is 6.09 Å². The minimum Gasteiger partial charge on any atom is -0.489 e. The Morgan fingerprint density at radius 1 is 1.17 bits per heavy atom. The molecule has 0 fully saturated rings. The van der Waals surface area contributed by atoms with Gasteiger partial charge < -0.3 is 30.6 Å². The van der Waals surface area contributed by atoms with Gasteiger partial charge in [0.15, 0.2) is 5.75 Å². The number of halogens is 1. The van der Waals surface area contributed by atoms with Crippen LogP contribution in [0.4, 0.5) is 16.3 Å². The lowest BCUT2D eigenvalue weighted by atomic mass is 10.2. The van der Waals surface area contributed by atoms with E-state index >= 15 is 0 Å². The average molecular weight is 527 g/mol. The van der Waals surface area contributed by atoms with Crippen molar-refractivity contribution in [3.05, 3.63) is 76.3 Å². The summed E-state index contributed by atoms with van der Waals surface area (Å²) < 4.78 is 16.9. The first-order valence-corrected chi connectivity index (χ1v) is 12.1. The number of hydrogen-bond donors (Lipinski definition) is 3. The minimum atomic E-state index is -0.611. The van der Waals surface area contributed by atoms with Gasteiger partial charge in [0.25, 0.3) is 5.91 Å². The normalized spacial score (nSPS) is 10.7. The van der Waals surface area contributed by atoms with Crippen molar-refractivity contribution in [2.45, 2.75) is 6.61 Å². The van der Waals surface area contributed by atoms with Crippen LogP contribution in [0.3, 0.4) is 0 Å². The zero-order valence-electron chi connectivity index (χ0n) is 19.2. The Hall–Kier alpha value is -3.86. The number of nitrogens with zero attached hydrogens (tertiary/aromatic N) is 1. The predicted octanol–water partition coefficient (Wildman–Crippen LogP) is 5.10. The number of anilines is 2. The molecule has 0 atom stereocenters. The largest absolute Gasteiger partial charge is 0.489 e. The van der Waals surface area contributed by atoms with Crippen LogP contribution >= 0.6 is 22.9 Å². The number of carbonyl (C=O) groups excluding carboxylic acids is 2. The molecule has 0 spiro atoms. The molecule has 0 saturated heterocycles. The predicted molar refractivity (Wildman–Crippen MR) is 140 cm³/mol. The van der Waals surface area contributed by atoms with Gasteiger partial charge in [0.1, 0.15) is 18.2 Å². The molecule has 2 amide bonds. The number of aromatic nitrogens is 1. The monoisotopic (exact) mass is 526 g/mol. The third-order valence-electron chi connectivity index (χ3n) is 5.04. The van der Waals surface area contributed by atoms with Gasteiger partial charge in [-0.25, -0.2) is 9.78 Å². The number of nitrogens with two attached hydrogens (primary N) is 1. The summed E-state index contributed by atoms with van der Waals surface area (Å²) >= 11 is 7.26. The third-order valence-corrected chi connectivity index (χ3v) is 6.33. The molecule has 0 bridgehead atoms. The summed E-state index contributed by atoms with van der Waals surface area (Å²) in [6, 6.07) is 13.7. The molecule has 9 nitrogen and oxygen atoms in total. The van der Waals surface area contributed by atoms with E-state index in [0.717, 1.165) is 5.56 Å². The van der Waals surface area contributed by atoms with Crippen molar-refractivity contribution in [1.82, 2.24) is 10.3 Å². The van der Waals surface area contributed by atoms with Gasteiger partial charge in [-0.1, -0.05) is 17.7 Å². The molecule has 0 aliphatic heterocycles. The van der Waals surface area contributed by atoms with Crippen molar-refractivity contribution in [2.24, 2.45) is 0 Å². The maximum Gasteiger partial charge on any atom is 0.412 e. The molecule has 0 aliphatic carbocycles. The second-order valence-electron chi connectivity index (χ2n) is 7.56. The van der Waals surface area contributed by atoms with Crippen LogP contribution in [0.1, 0.15) is 15.9 Å². The summed E-state index contributed by atoms with van der Waals surface area (Å²) in [5, 5.41) is 8.52.